The fraction of sp³-hybridized carbons (Fsp3) is 0.333. The molecule has 0 radical (unpaired) electrons. The molecule has 1 heterocycles. The Morgan fingerprint density at radius 2 is 2.43 bits per heavy atom. The summed E-state index contributed by atoms with van der Waals surface area (Å²) in [5.41, 5.74) is 0.199. The maximum Gasteiger partial charge on any atom is 0.311 e. The lowest BCUT2D eigenvalue weighted by atomic mass is 10.2. The van der Waals surface area contributed by atoms with E-state index in [1.165, 1.54) is 6.20 Å². The molecule has 0 bridgehead atoms. The van der Waals surface area contributed by atoms with Crippen molar-refractivity contribution in [2.45, 2.75) is 13.3 Å². The van der Waals surface area contributed by atoms with Gasteiger partial charge in [-0.3, -0.25) is 9.78 Å². The molecule has 5 heteroatoms. The summed E-state index contributed by atoms with van der Waals surface area (Å²) in [6, 6.07) is 1.14. The first-order valence-corrected chi connectivity index (χ1v) is 4.47. The smallest absolute Gasteiger partial charge is 0.311 e. The van der Waals surface area contributed by atoms with Crippen LogP contribution in [0.15, 0.2) is 12.3 Å². The van der Waals surface area contributed by atoms with Crippen molar-refractivity contribution in [1.82, 2.24) is 4.98 Å². The first-order chi connectivity index (χ1) is 6.65. The molecule has 0 aliphatic heterocycles. The highest BCUT2D eigenvalue weighted by atomic mass is 35.5. The van der Waals surface area contributed by atoms with E-state index in [4.69, 9.17) is 11.6 Å². The van der Waals surface area contributed by atoms with Crippen molar-refractivity contribution >= 4 is 17.6 Å². The van der Waals surface area contributed by atoms with Crippen LogP contribution in [0, 0.1) is 5.82 Å². The average Bonchev–Trinajstić information content (AvgIpc) is 2.13. The third-order valence-corrected chi connectivity index (χ3v) is 1.93. The van der Waals surface area contributed by atoms with Gasteiger partial charge in [0.15, 0.2) is 0 Å². The minimum atomic E-state index is -0.582. The normalized spacial score (nSPS) is 9.93. The molecule has 0 amide bonds. The van der Waals surface area contributed by atoms with Gasteiger partial charge in [0.2, 0.25) is 0 Å². The Morgan fingerprint density at radius 3 is 3.07 bits per heavy atom. The van der Waals surface area contributed by atoms with E-state index in [0.717, 1.165) is 6.07 Å². The zero-order valence-electron chi connectivity index (χ0n) is 7.59. The van der Waals surface area contributed by atoms with Crippen LogP contribution in [0.5, 0.6) is 0 Å². The topological polar surface area (TPSA) is 39.2 Å². The van der Waals surface area contributed by atoms with E-state index in [9.17, 15) is 9.18 Å². The molecule has 0 fully saturated rings. The van der Waals surface area contributed by atoms with Crippen LogP contribution >= 0.6 is 11.6 Å². The predicted molar refractivity (Wildman–Crippen MR) is 49.5 cm³/mol. The van der Waals surface area contributed by atoms with Crippen molar-refractivity contribution in [3.63, 3.8) is 0 Å². The predicted octanol–water partition coefficient (Wildman–Crippen LogP) is 1.98. The number of aromatic nitrogens is 1. The third kappa shape index (κ3) is 2.67. The summed E-state index contributed by atoms with van der Waals surface area (Å²) >= 11 is 5.59. The number of hydrogen-bond donors (Lipinski definition) is 0. The molecular weight excluding hydrogens is 209 g/mol. The van der Waals surface area contributed by atoms with E-state index in [-0.39, 0.29) is 23.7 Å². The minimum absolute atomic E-state index is 0.107. The van der Waals surface area contributed by atoms with Crippen LogP contribution in [0.1, 0.15) is 12.6 Å². The average molecular weight is 218 g/mol. The van der Waals surface area contributed by atoms with Crippen molar-refractivity contribution in [2.24, 2.45) is 0 Å². The fourth-order valence-electron chi connectivity index (χ4n) is 0.932. The quantitative estimate of drug-likeness (QED) is 0.727. The molecule has 1 rings (SSSR count). The van der Waals surface area contributed by atoms with Gasteiger partial charge in [-0.2, -0.15) is 0 Å². The molecule has 3 nitrogen and oxygen atoms in total. The number of carbonyl (C=O) groups excluding carboxylic acids is 1. The van der Waals surface area contributed by atoms with Gasteiger partial charge in [-0.1, -0.05) is 11.6 Å². The Bertz CT molecular complexity index is 344. The summed E-state index contributed by atoms with van der Waals surface area (Å²) in [5, 5.41) is -0.124. The second-order valence-electron chi connectivity index (χ2n) is 2.54. The number of esters is 1. The Hall–Kier alpha value is -1.16. The standard InChI is InChI=1S/C9H9ClFNO2/c1-2-14-8(13)5-7-9(10)6(11)3-4-12-7/h3-4H,2,5H2,1H3. The van der Waals surface area contributed by atoms with E-state index in [0.29, 0.717) is 0 Å². The highest BCUT2D eigenvalue weighted by molar-refractivity contribution is 6.31. The lowest BCUT2D eigenvalue weighted by Gasteiger charge is -2.03. The molecular formula is C9H9ClFNO2. The van der Waals surface area contributed by atoms with Crippen molar-refractivity contribution < 1.29 is 13.9 Å². The van der Waals surface area contributed by atoms with Gasteiger partial charge in [0.05, 0.1) is 23.7 Å². The largest absolute Gasteiger partial charge is 0.466 e. The Kier molecular flexibility index (Phi) is 3.83. The van der Waals surface area contributed by atoms with Crippen LogP contribution in [0.25, 0.3) is 0 Å². The first-order valence-electron chi connectivity index (χ1n) is 4.09. The van der Waals surface area contributed by atoms with Crippen LogP contribution in [-0.2, 0) is 16.0 Å². The summed E-state index contributed by atoms with van der Waals surface area (Å²) < 4.78 is 17.6. The van der Waals surface area contributed by atoms with E-state index < -0.39 is 11.8 Å². The zero-order chi connectivity index (χ0) is 10.6. The zero-order valence-corrected chi connectivity index (χ0v) is 8.34. The number of halogens is 2. The van der Waals surface area contributed by atoms with E-state index in [2.05, 4.69) is 9.72 Å². The van der Waals surface area contributed by atoms with Crippen molar-refractivity contribution in [1.29, 1.82) is 0 Å². The summed E-state index contributed by atoms with van der Waals surface area (Å²) in [6.07, 6.45) is 1.15. The van der Waals surface area contributed by atoms with Crippen molar-refractivity contribution in [3.05, 3.63) is 28.8 Å². The molecule has 0 N–H and O–H groups in total. The molecule has 1 aromatic heterocycles. The molecule has 76 valence electrons. The van der Waals surface area contributed by atoms with Crippen LogP contribution < -0.4 is 0 Å². The van der Waals surface area contributed by atoms with Gasteiger partial charge >= 0.3 is 5.97 Å². The second-order valence-corrected chi connectivity index (χ2v) is 2.91. The van der Waals surface area contributed by atoms with Gasteiger partial charge in [0.25, 0.3) is 0 Å². The van der Waals surface area contributed by atoms with Crippen LogP contribution in [-0.4, -0.2) is 17.6 Å². The number of hydrogen-bond acceptors (Lipinski definition) is 3. The molecule has 0 saturated carbocycles. The summed E-state index contributed by atoms with van der Waals surface area (Å²) in [7, 11) is 0. The Balaban J connectivity index is 2.76. The van der Waals surface area contributed by atoms with E-state index >= 15 is 0 Å². The highest BCUT2D eigenvalue weighted by Gasteiger charge is 2.11. The lowest BCUT2D eigenvalue weighted by Crippen LogP contribution is -2.09. The van der Waals surface area contributed by atoms with Crippen LogP contribution in [0.2, 0.25) is 5.02 Å². The monoisotopic (exact) mass is 217 g/mol. The van der Waals surface area contributed by atoms with Crippen LogP contribution in [0.4, 0.5) is 4.39 Å². The maximum atomic E-state index is 12.9. The van der Waals surface area contributed by atoms with Crippen LogP contribution in [0.3, 0.4) is 0 Å². The molecule has 0 atom stereocenters. The molecule has 0 spiro atoms. The second kappa shape index (κ2) is 4.91. The molecule has 1 aromatic rings. The summed E-state index contributed by atoms with van der Waals surface area (Å²) in [5.74, 6) is -1.05. The van der Waals surface area contributed by atoms with Crippen molar-refractivity contribution in [3.8, 4) is 0 Å². The third-order valence-electron chi connectivity index (χ3n) is 1.53. The molecule has 0 saturated heterocycles. The molecule has 0 unspecified atom stereocenters. The SMILES string of the molecule is CCOC(=O)Cc1nccc(F)c1Cl. The first kappa shape index (κ1) is 10.9. The number of carbonyl (C=O) groups is 1. The minimum Gasteiger partial charge on any atom is -0.466 e. The Morgan fingerprint density at radius 1 is 1.71 bits per heavy atom. The fourth-order valence-corrected chi connectivity index (χ4v) is 1.11. The van der Waals surface area contributed by atoms with Gasteiger partial charge in [0, 0.05) is 6.20 Å². The Labute approximate surface area is 85.9 Å². The molecule has 0 aliphatic rings. The molecule has 14 heavy (non-hydrogen) atoms. The molecule has 0 aromatic carbocycles. The maximum absolute atomic E-state index is 12.9. The van der Waals surface area contributed by atoms with Gasteiger partial charge in [0.1, 0.15) is 5.82 Å². The number of nitrogens with zero attached hydrogens (tertiary/aromatic N) is 1. The summed E-state index contributed by atoms with van der Waals surface area (Å²) in [6.45, 7) is 1.98. The number of pyridine rings is 1. The van der Waals surface area contributed by atoms with Gasteiger partial charge in [-0.25, -0.2) is 4.39 Å². The van der Waals surface area contributed by atoms with E-state index in [1.807, 2.05) is 0 Å². The van der Waals surface area contributed by atoms with Crippen molar-refractivity contribution in [2.75, 3.05) is 6.61 Å². The lowest BCUT2D eigenvalue weighted by molar-refractivity contribution is -0.142. The van der Waals surface area contributed by atoms with Gasteiger partial charge in [-0.15, -0.1) is 0 Å². The highest BCUT2D eigenvalue weighted by Crippen LogP contribution is 2.17. The van der Waals surface area contributed by atoms with Gasteiger partial charge < -0.3 is 4.74 Å². The van der Waals surface area contributed by atoms with Gasteiger partial charge in [-0.05, 0) is 13.0 Å². The van der Waals surface area contributed by atoms with E-state index in [1.54, 1.807) is 6.92 Å². The number of ether oxygens (including phenoxy) is 1. The summed E-state index contributed by atoms with van der Waals surface area (Å²) in [4.78, 5) is 14.8. The molecule has 0 aliphatic carbocycles. The number of rotatable bonds is 3.